The van der Waals surface area contributed by atoms with Crippen molar-refractivity contribution in [3.8, 4) is 0 Å². The SMILES string of the molecule is Cc1cc(CN(CC(N)=O)C2CCCC2)oc1C(=O)NN. The third-order valence-electron chi connectivity index (χ3n) is 3.87. The minimum atomic E-state index is -0.457. The van der Waals surface area contributed by atoms with E-state index < -0.39 is 5.91 Å². The molecule has 0 bridgehead atoms. The topological polar surface area (TPSA) is 115 Å². The van der Waals surface area contributed by atoms with E-state index in [4.69, 9.17) is 16.0 Å². The lowest BCUT2D eigenvalue weighted by Crippen LogP contribution is -2.39. The van der Waals surface area contributed by atoms with Crippen LogP contribution >= 0.6 is 0 Å². The second-order valence-corrected chi connectivity index (χ2v) is 5.51. The molecule has 21 heavy (non-hydrogen) atoms. The number of rotatable bonds is 6. The fourth-order valence-corrected chi connectivity index (χ4v) is 2.90. The minimum Gasteiger partial charge on any atom is -0.454 e. The first-order valence-electron chi connectivity index (χ1n) is 7.14. The number of nitrogens with one attached hydrogen (secondary N) is 1. The normalized spacial score (nSPS) is 15.6. The molecule has 0 aromatic carbocycles. The standard InChI is InChI=1S/C14H22N4O3/c1-9-6-11(21-13(9)14(20)17-16)7-18(8-12(15)19)10-4-2-3-5-10/h6,10H,2-5,7-8,16H2,1H3,(H2,15,19)(H,17,20). The molecule has 1 aromatic heterocycles. The summed E-state index contributed by atoms with van der Waals surface area (Å²) >= 11 is 0. The first-order chi connectivity index (χ1) is 10.0. The van der Waals surface area contributed by atoms with Crippen LogP contribution < -0.4 is 17.0 Å². The van der Waals surface area contributed by atoms with Crippen LogP contribution in [0.1, 0.15) is 47.6 Å². The van der Waals surface area contributed by atoms with E-state index in [1.807, 2.05) is 4.90 Å². The first-order valence-corrected chi connectivity index (χ1v) is 7.14. The van der Waals surface area contributed by atoms with Crippen LogP contribution in [0.2, 0.25) is 0 Å². The van der Waals surface area contributed by atoms with Gasteiger partial charge in [-0.1, -0.05) is 12.8 Å². The van der Waals surface area contributed by atoms with Gasteiger partial charge in [0.05, 0.1) is 13.1 Å². The number of carbonyl (C=O) groups excluding carboxylic acids is 2. The van der Waals surface area contributed by atoms with Crippen molar-refractivity contribution in [2.45, 2.75) is 45.2 Å². The van der Waals surface area contributed by atoms with Crippen LogP contribution in [0.15, 0.2) is 10.5 Å². The van der Waals surface area contributed by atoms with Crippen LogP contribution in [-0.2, 0) is 11.3 Å². The molecule has 2 amide bonds. The highest BCUT2D eigenvalue weighted by molar-refractivity contribution is 5.92. The predicted octanol–water partition coefficient (Wildman–Crippen LogP) is 0.421. The van der Waals surface area contributed by atoms with Crippen molar-refractivity contribution in [3.63, 3.8) is 0 Å². The van der Waals surface area contributed by atoms with Gasteiger partial charge in [0, 0.05) is 11.6 Å². The molecule has 0 aliphatic heterocycles. The molecule has 1 saturated carbocycles. The zero-order valence-corrected chi connectivity index (χ0v) is 12.2. The van der Waals surface area contributed by atoms with Crippen molar-refractivity contribution in [3.05, 3.63) is 23.2 Å². The van der Waals surface area contributed by atoms with Gasteiger partial charge in [0.2, 0.25) is 5.91 Å². The number of primary amides is 1. The average molecular weight is 294 g/mol. The summed E-state index contributed by atoms with van der Waals surface area (Å²) in [6.45, 7) is 2.45. The van der Waals surface area contributed by atoms with Gasteiger partial charge < -0.3 is 10.2 Å². The van der Waals surface area contributed by atoms with E-state index in [9.17, 15) is 9.59 Å². The summed E-state index contributed by atoms with van der Waals surface area (Å²) in [5, 5.41) is 0. The number of nitrogen functional groups attached to an aromatic ring is 1. The van der Waals surface area contributed by atoms with Gasteiger partial charge in [0.25, 0.3) is 0 Å². The zero-order chi connectivity index (χ0) is 15.4. The molecule has 2 rings (SSSR count). The molecule has 1 fully saturated rings. The number of hydrogen-bond acceptors (Lipinski definition) is 5. The van der Waals surface area contributed by atoms with E-state index in [1.165, 1.54) is 0 Å². The lowest BCUT2D eigenvalue weighted by molar-refractivity contribution is -0.119. The summed E-state index contributed by atoms with van der Waals surface area (Å²) in [4.78, 5) is 24.8. The van der Waals surface area contributed by atoms with Gasteiger partial charge in [0.1, 0.15) is 5.76 Å². The Labute approximate surface area is 123 Å². The van der Waals surface area contributed by atoms with Gasteiger partial charge in [-0.3, -0.25) is 19.9 Å². The summed E-state index contributed by atoms with van der Waals surface area (Å²) in [5.41, 5.74) is 8.10. The van der Waals surface area contributed by atoms with Crippen molar-refractivity contribution in [1.29, 1.82) is 0 Å². The molecule has 1 aliphatic rings. The second-order valence-electron chi connectivity index (χ2n) is 5.51. The summed E-state index contributed by atoms with van der Waals surface area (Å²) in [5.74, 6) is 5.15. The van der Waals surface area contributed by atoms with Gasteiger partial charge in [-0.2, -0.15) is 0 Å². The highest BCUT2D eigenvalue weighted by Crippen LogP contribution is 2.25. The van der Waals surface area contributed by atoms with Crippen LogP contribution in [-0.4, -0.2) is 29.3 Å². The van der Waals surface area contributed by atoms with Crippen LogP contribution in [0.4, 0.5) is 0 Å². The van der Waals surface area contributed by atoms with Gasteiger partial charge in [-0.15, -0.1) is 0 Å². The molecular weight excluding hydrogens is 272 g/mol. The monoisotopic (exact) mass is 294 g/mol. The Morgan fingerprint density at radius 2 is 2.10 bits per heavy atom. The van der Waals surface area contributed by atoms with Gasteiger partial charge in [-0.25, -0.2) is 5.84 Å². The summed E-state index contributed by atoms with van der Waals surface area (Å²) in [6, 6.07) is 2.14. The maximum Gasteiger partial charge on any atom is 0.301 e. The maximum absolute atomic E-state index is 11.5. The number of amides is 2. The Morgan fingerprint density at radius 1 is 1.43 bits per heavy atom. The zero-order valence-electron chi connectivity index (χ0n) is 12.2. The minimum absolute atomic E-state index is 0.197. The van der Waals surface area contributed by atoms with E-state index in [-0.39, 0.29) is 18.2 Å². The highest BCUT2D eigenvalue weighted by atomic mass is 16.4. The Hall–Kier alpha value is -1.86. The quantitative estimate of drug-likeness (QED) is 0.399. The highest BCUT2D eigenvalue weighted by Gasteiger charge is 2.25. The Kier molecular flexibility index (Phi) is 4.98. The molecule has 7 heteroatoms. The number of hydrazine groups is 1. The van der Waals surface area contributed by atoms with Gasteiger partial charge >= 0.3 is 5.91 Å². The third kappa shape index (κ3) is 3.83. The van der Waals surface area contributed by atoms with Crippen molar-refractivity contribution < 1.29 is 14.0 Å². The fraction of sp³-hybridized carbons (Fsp3) is 0.571. The van der Waals surface area contributed by atoms with Crippen LogP contribution in [0, 0.1) is 6.92 Å². The van der Waals surface area contributed by atoms with Crippen molar-refractivity contribution in [2.24, 2.45) is 11.6 Å². The molecule has 5 N–H and O–H groups in total. The average Bonchev–Trinajstić information content (AvgIpc) is 3.06. The summed E-state index contributed by atoms with van der Waals surface area (Å²) in [7, 11) is 0. The molecule has 1 aromatic rings. The molecule has 7 nitrogen and oxygen atoms in total. The molecule has 0 saturated heterocycles. The molecule has 116 valence electrons. The Balaban J connectivity index is 2.12. The maximum atomic E-state index is 11.5. The Morgan fingerprint density at radius 3 is 2.67 bits per heavy atom. The van der Waals surface area contributed by atoms with Crippen molar-refractivity contribution >= 4 is 11.8 Å². The molecule has 0 spiro atoms. The molecule has 1 aliphatic carbocycles. The van der Waals surface area contributed by atoms with Crippen LogP contribution in [0.25, 0.3) is 0 Å². The number of carbonyl (C=O) groups is 2. The third-order valence-corrected chi connectivity index (χ3v) is 3.87. The number of furan rings is 1. The molecule has 0 atom stereocenters. The molecular formula is C14H22N4O3. The van der Waals surface area contributed by atoms with Crippen LogP contribution in [0.5, 0.6) is 0 Å². The fourth-order valence-electron chi connectivity index (χ4n) is 2.90. The van der Waals surface area contributed by atoms with Gasteiger partial charge in [-0.05, 0) is 25.8 Å². The predicted molar refractivity (Wildman–Crippen MR) is 77.0 cm³/mol. The summed E-state index contributed by atoms with van der Waals surface area (Å²) in [6.07, 6.45) is 4.45. The second kappa shape index (κ2) is 6.73. The van der Waals surface area contributed by atoms with Crippen LogP contribution in [0.3, 0.4) is 0 Å². The molecule has 0 unspecified atom stereocenters. The van der Waals surface area contributed by atoms with E-state index in [2.05, 4.69) is 5.43 Å². The van der Waals surface area contributed by atoms with Crippen molar-refractivity contribution in [2.75, 3.05) is 6.54 Å². The molecule has 0 radical (unpaired) electrons. The number of aryl methyl sites for hydroxylation is 1. The van der Waals surface area contributed by atoms with E-state index in [0.29, 0.717) is 18.3 Å². The van der Waals surface area contributed by atoms with E-state index in [1.54, 1.807) is 13.0 Å². The first kappa shape index (κ1) is 15.5. The smallest absolute Gasteiger partial charge is 0.301 e. The van der Waals surface area contributed by atoms with Gasteiger partial charge in [0.15, 0.2) is 5.76 Å². The number of hydrogen-bond donors (Lipinski definition) is 3. The molecule has 1 heterocycles. The summed E-state index contributed by atoms with van der Waals surface area (Å²) < 4.78 is 5.55. The number of nitrogens with zero attached hydrogens (tertiary/aromatic N) is 1. The van der Waals surface area contributed by atoms with E-state index in [0.717, 1.165) is 31.2 Å². The van der Waals surface area contributed by atoms with E-state index >= 15 is 0 Å². The van der Waals surface area contributed by atoms with Crippen molar-refractivity contribution in [1.82, 2.24) is 10.3 Å². The number of nitrogens with two attached hydrogens (primary N) is 2. The Bertz CT molecular complexity index is 520. The lowest BCUT2D eigenvalue weighted by Gasteiger charge is -2.26. The largest absolute Gasteiger partial charge is 0.454 e. The lowest BCUT2D eigenvalue weighted by atomic mass is 10.2.